The summed E-state index contributed by atoms with van der Waals surface area (Å²) in [6, 6.07) is 6.70. The van der Waals surface area contributed by atoms with Crippen LogP contribution in [0.5, 0.6) is 11.5 Å². The summed E-state index contributed by atoms with van der Waals surface area (Å²) < 4.78 is 10.4. The van der Waals surface area contributed by atoms with Crippen molar-refractivity contribution in [2.24, 2.45) is 0 Å². The molecule has 0 bridgehead atoms. The van der Waals surface area contributed by atoms with Gasteiger partial charge in [0.05, 0.1) is 13.2 Å². The lowest BCUT2D eigenvalue weighted by Crippen LogP contribution is -2.58. The molecule has 1 aromatic rings. The van der Waals surface area contributed by atoms with Crippen molar-refractivity contribution in [2.45, 2.75) is 31.7 Å². The minimum Gasteiger partial charge on any atom is -0.494 e. The van der Waals surface area contributed by atoms with E-state index in [2.05, 4.69) is 5.32 Å². The maximum absolute atomic E-state index is 11.7. The van der Waals surface area contributed by atoms with Gasteiger partial charge in [-0.3, -0.25) is 14.9 Å². The summed E-state index contributed by atoms with van der Waals surface area (Å²) >= 11 is 0. The third-order valence-corrected chi connectivity index (χ3v) is 3.55. The number of carbonyl (C=O) groups is 2. The zero-order chi connectivity index (χ0) is 15.3. The Morgan fingerprint density at radius 3 is 2.33 bits per heavy atom. The van der Waals surface area contributed by atoms with Gasteiger partial charge >= 0.3 is 11.9 Å². The first kappa shape index (κ1) is 15.3. The molecule has 0 unspecified atom stereocenters. The number of hydrogen-bond acceptors (Lipinski definition) is 5. The maximum atomic E-state index is 11.7. The van der Waals surface area contributed by atoms with Gasteiger partial charge < -0.3 is 14.6 Å². The molecule has 2 N–H and O–H groups in total. The Morgan fingerprint density at radius 1 is 1.24 bits per heavy atom. The van der Waals surface area contributed by atoms with E-state index in [9.17, 15) is 9.59 Å². The van der Waals surface area contributed by atoms with Gasteiger partial charge in [0, 0.05) is 0 Å². The fraction of sp³-hybridized carbons (Fsp3) is 0.467. The van der Waals surface area contributed by atoms with Crippen LogP contribution in [0.2, 0.25) is 0 Å². The van der Waals surface area contributed by atoms with Crippen molar-refractivity contribution >= 4 is 11.9 Å². The monoisotopic (exact) mass is 293 g/mol. The molecule has 6 nitrogen and oxygen atoms in total. The van der Waals surface area contributed by atoms with E-state index in [-0.39, 0.29) is 6.54 Å². The third kappa shape index (κ3) is 3.72. The van der Waals surface area contributed by atoms with Gasteiger partial charge in [-0.2, -0.15) is 0 Å². The van der Waals surface area contributed by atoms with Crippen molar-refractivity contribution in [1.29, 1.82) is 0 Å². The van der Waals surface area contributed by atoms with Crippen LogP contribution in [-0.2, 0) is 9.59 Å². The SMILES string of the molecule is CCOc1ccc(OC(=O)CNC2(C(=O)O)CCC2)cc1. The predicted molar refractivity (Wildman–Crippen MR) is 75.5 cm³/mol. The Labute approximate surface area is 123 Å². The fourth-order valence-corrected chi connectivity index (χ4v) is 2.18. The first-order valence-corrected chi connectivity index (χ1v) is 6.98. The second-order valence-corrected chi connectivity index (χ2v) is 4.97. The number of nitrogens with one attached hydrogen (secondary N) is 1. The number of carboxylic acids is 1. The highest BCUT2D eigenvalue weighted by Crippen LogP contribution is 2.31. The molecule has 1 aliphatic carbocycles. The minimum absolute atomic E-state index is 0.125. The van der Waals surface area contributed by atoms with Crippen LogP contribution in [0.15, 0.2) is 24.3 Å². The number of esters is 1. The van der Waals surface area contributed by atoms with Crippen LogP contribution in [0.1, 0.15) is 26.2 Å². The number of hydrogen-bond donors (Lipinski definition) is 2. The number of rotatable bonds is 7. The smallest absolute Gasteiger partial charge is 0.325 e. The first-order valence-electron chi connectivity index (χ1n) is 6.98. The van der Waals surface area contributed by atoms with Gasteiger partial charge in [0.1, 0.15) is 17.0 Å². The Hall–Kier alpha value is -2.08. The van der Waals surface area contributed by atoms with Crippen molar-refractivity contribution in [1.82, 2.24) is 5.32 Å². The van der Waals surface area contributed by atoms with Crippen LogP contribution in [0.4, 0.5) is 0 Å². The minimum atomic E-state index is -0.960. The Morgan fingerprint density at radius 2 is 1.86 bits per heavy atom. The van der Waals surface area contributed by atoms with Crippen LogP contribution in [0.3, 0.4) is 0 Å². The first-order chi connectivity index (χ1) is 10.1. The van der Waals surface area contributed by atoms with Crippen LogP contribution in [0, 0.1) is 0 Å². The number of carbonyl (C=O) groups excluding carboxylic acids is 1. The zero-order valence-electron chi connectivity index (χ0n) is 11.9. The van der Waals surface area contributed by atoms with Crippen LogP contribution >= 0.6 is 0 Å². The molecule has 6 heteroatoms. The average Bonchev–Trinajstić information content (AvgIpc) is 2.39. The summed E-state index contributed by atoms with van der Waals surface area (Å²) in [5.41, 5.74) is -0.960. The molecular formula is C15H19NO5. The summed E-state index contributed by atoms with van der Waals surface area (Å²) in [6.45, 7) is 2.33. The molecule has 0 aromatic heterocycles. The fourth-order valence-electron chi connectivity index (χ4n) is 2.18. The van der Waals surface area contributed by atoms with Gasteiger partial charge in [0.2, 0.25) is 0 Å². The van der Waals surface area contributed by atoms with Crippen molar-refractivity contribution in [3.8, 4) is 11.5 Å². The third-order valence-electron chi connectivity index (χ3n) is 3.55. The van der Waals surface area contributed by atoms with Gasteiger partial charge in [-0.05, 0) is 50.5 Å². The molecule has 1 aliphatic rings. The standard InChI is InChI=1S/C15H19NO5/c1-2-20-11-4-6-12(7-5-11)21-13(17)10-16-15(14(18)19)8-3-9-15/h4-7,16H,2-3,8-10H2,1H3,(H,18,19). The molecule has 0 amide bonds. The van der Waals surface area contributed by atoms with Gasteiger partial charge in [0.15, 0.2) is 0 Å². The molecule has 1 saturated carbocycles. The number of carboxylic acid groups (broad SMARTS) is 1. The topological polar surface area (TPSA) is 84.9 Å². The number of ether oxygens (including phenoxy) is 2. The van der Waals surface area contributed by atoms with E-state index in [1.165, 1.54) is 0 Å². The van der Waals surface area contributed by atoms with Crippen LogP contribution in [-0.4, -0.2) is 35.7 Å². The largest absolute Gasteiger partial charge is 0.494 e. The highest BCUT2D eigenvalue weighted by molar-refractivity contribution is 5.82. The summed E-state index contributed by atoms with van der Waals surface area (Å²) in [6.07, 6.45) is 1.94. The molecule has 1 fully saturated rings. The molecule has 1 aromatic carbocycles. The molecule has 0 radical (unpaired) electrons. The van der Waals surface area contributed by atoms with E-state index < -0.39 is 17.5 Å². The van der Waals surface area contributed by atoms with Crippen LogP contribution in [0.25, 0.3) is 0 Å². The molecule has 0 spiro atoms. The molecule has 0 atom stereocenters. The van der Waals surface area contributed by atoms with Crippen molar-refractivity contribution in [2.75, 3.05) is 13.2 Å². The summed E-state index contributed by atoms with van der Waals surface area (Å²) in [5, 5.41) is 11.9. The van der Waals surface area contributed by atoms with Gasteiger partial charge in [-0.25, -0.2) is 0 Å². The predicted octanol–water partition coefficient (Wildman–Crippen LogP) is 1.59. The molecular weight excluding hydrogens is 274 g/mol. The van der Waals surface area contributed by atoms with E-state index in [0.717, 1.165) is 6.42 Å². The van der Waals surface area contributed by atoms with E-state index in [0.29, 0.717) is 30.9 Å². The second kappa shape index (κ2) is 6.58. The highest BCUT2D eigenvalue weighted by atomic mass is 16.5. The lowest BCUT2D eigenvalue weighted by molar-refractivity contribution is -0.149. The molecule has 2 rings (SSSR count). The number of aliphatic carboxylic acids is 1. The van der Waals surface area contributed by atoms with E-state index in [1.807, 2.05) is 6.92 Å². The quantitative estimate of drug-likeness (QED) is 0.586. The molecule has 0 aliphatic heterocycles. The molecule has 21 heavy (non-hydrogen) atoms. The average molecular weight is 293 g/mol. The maximum Gasteiger partial charge on any atom is 0.325 e. The normalized spacial score (nSPS) is 15.9. The zero-order valence-corrected chi connectivity index (χ0v) is 11.9. The van der Waals surface area contributed by atoms with E-state index >= 15 is 0 Å². The summed E-state index contributed by atoms with van der Waals surface area (Å²) in [5.74, 6) is -0.313. The summed E-state index contributed by atoms with van der Waals surface area (Å²) in [4.78, 5) is 22.9. The van der Waals surface area contributed by atoms with Gasteiger partial charge in [-0.15, -0.1) is 0 Å². The molecule has 114 valence electrons. The van der Waals surface area contributed by atoms with Crippen molar-refractivity contribution in [3.63, 3.8) is 0 Å². The summed E-state index contributed by atoms with van der Waals surface area (Å²) in [7, 11) is 0. The van der Waals surface area contributed by atoms with Crippen molar-refractivity contribution < 1.29 is 24.2 Å². The number of benzene rings is 1. The second-order valence-electron chi connectivity index (χ2n) is 4.97. The van der Waals surface area contributed by atoms with Gasteiger partial charge in [-0.1, -0.05) is 0 Å². The Bertz CT molecular complexity index is 507. The van der Waals surface area contributed by atoms with E-state index in [4.69, 9.17) is 14.6 Å². The Balaban J connectivity index is 1.83. The highest BCUT2D eigenvalue weighted by Gasteiger charge is 2.44. The van der Waals surface area contributed by atoms with Crippen LogP contribution < -0.4 is 14.8 Å². The Kier molecular flexibility index (Phi) is 4.80. The van der Waals surface area contributed by atoms with E-state index in [1.54, 1.807) is 24.3 Å². The lowest BCUT2D eigenvalue weighted by atomic mass is 9.77. The van der Waals surface area contributed by atoms with Crippen molar-refractivity contribution in [3.05, 3.63) is 24.3 Å². The molecule has 0 saturated heterocycles. The lowest BCUT2D eigenvalue weighted by Gasteiger charge is -2.38. The van der Waals surface area contributed by atoms with Gasteiger partial charge in [0.25, 0.3) is 0 Å². The molecule has 0 heterocycles.